The maximum Gasteiger partial charge on any atom is 0.407 e. The molecule has 0 aliphatic heterocycles. The third-order valence-corrected chi connectivity index (χ3v) is 9.98. The minimum Gasteiger partial charge on any atom is -0.445 e. The molecule has 0 spiro atoms. The van der Waals surface area contributed by atoms with Crippen LogP contribution >= 0.6 is 11.3 Å². The van der Waals surface area contributed by atoms with Crippen molar-refractivity contribution in [1.82, 2.24) is 24.5 Å². The van der Waals surface area contributed by atoms with Gasteiger partial charge in [-0.15, -0.1) is 0 Å². The fraction of sp³-hybridized carbons (Fsp3) is 0.424. The Morgan fingerprint density at radius 3 is 2.50 bits per heavy atom. The van der Waals surface area contributed by atoms with Gasteiger partial charge in [-0.25, -0.2) is 18.2 Å². The van der Waals surface area contributed by atoms with Gasteiger partial charge in [0.25, 0.3) is 0 Å². The number of hydrogen-bond donors (Lipinski definition) is 3. The first-order valence-electron chi connectivity index (χ1n) is 15.3. The van der Waals surface area contributed by atoms with Crippen LogP contribution < -0.4 is 10.6 Å². The van der Waals surface area contributed by atoms with Gasteiger partial charge >= 0.3 is 6.09 Å². The Morgan fingerprint density at radius 2 is 1.80 bits per heavy atom. The molecule has 46 heavy (non-hydrogen) atoms. The Hall–Kier alpha value is -3.62. The second kappa shape index (κ2) is 16.8. The fourth-order valence-corrected chi connectivity index (χ4v) is 7.52. The molecule has 0 radical (unpaired) electrons. The van der Waals surface area contributed by atoms with Crippen LogP contribution in [0, 0.1) is 5.92 Å². The van der Waals surface area contributed by atoms with Crippen molar-refractivity contribution in [3.05, 3.63) is 84.2 Å². The standard InChI is InChI=1S/C33H44N6O5S2/c1-24(2)21-39(46(42,43)27-13-14-28-31(19-27)45-32(36-28)35-16-9-17-38(3)4)22-30(40)29(18-25-10-6-5-7-11-25)37-33(41)44-23-26-12-8-15-34-20-26/h5-8,10-15,19-20,24,29-30,40H,9,16-18,21-23H2,1-4H3,(H,35,36)(H,37,41)/t29-,30+/m0/s1. The minimum absolute atomic E-state index is 0.00898. The van der Waals surface area contributed by atoms with Gasteiger partial charge in [0, 0.05) is 37.6 Å². The summed E-state index contributed by atoms with van der Waals surface area (Å²) in [5.74, 6) is -0.0166. The number of nitrogens with one attached hydrogen (secondary N) is 2. The summed E-state index contributed by atoms with van der Waals surface area (Å²) < 4.78 is 35.5. The van der Waals surface area contributed by atoms with E-state index in [1.54, 1.807) is 42.7 Å². The van der Waals surface area contributed by atoms with Gasteiger partial charge < -0.3 is 25.4 Å². The average molecular weight is 669 g/mol. The molecule has 4 aromatic rings. The quantitative estimate of drug-likeness (QED) is 0.138. The van der Waals surface area contributed by atoms with Gasteiger partial charge in [-0.1, -0.05) is 61.6 Å². The highest BCUT2D eigenvalue weighted by atomic mass is 32.2. The summed E-state index contributed by atoms with van der Waals surface area (Å²) in [5, 5.41) is 18.3. The van der Waals surface area contributed by atoms with Crippen molar-refractivity contribution in [2.75, 3.05) is 45.6 Å². The Balaban J connectivity index is 1.51. The Morgan fingerprint density at radius 1 is 1.04 bits per heavy atom. The Labute approximate surface area is 275 Å². The number of fused-ring (bicyclic) bond motifs is 1. The lowest BCUT2D eigenvalue weighted by molar-refractivity contribution is 0.0873. The third-order valence-electron chi connectivity index (χ3n) is 7.17. The molecule has 13 heteroatoms. The summed E-state index contributed by atoms with van der Waals surface area (Å²) in [7, 11) is 0.0469. The molecule has 11 nitrogen and oxygen atoms in total. The number of amides is 1. The first-order chi connectivity index (χ1) is 22.0. The number of anilines is 1. The molecule has 2 aromatic heterocycles. The van der Waals surface area contributed by atoms with Crippen LogP contribution in [-0.4, -0.2) is 91.2 Å². The molecular weight excluding hydrogens is 625 g/mol. The van der Waals surface area contributed by atoms with Crippen LogP contribution in [0.5, 0.6) is 0 Å². The third kappa shape index (κ3) is 10.5. The molecule has 1 amide bonds. The lowest BCUT2D eigenvalue weighted by Gasteiger charge is -2.30. The van der Waals surface area contributed by atoms with Crippen molar-refractivity contribution in [3.63, 3.8) is 0 Å². The molecule has 0 saturated heterocycles. The highest BCUT2D eigenvalue weighted by molar-refractivity contribution is 7.89. The van der Waals surface area contributed by atoms with Gasteiger partial charge in [0.1, 0.15) is 6.61 Å². The van der Waals surface area contributed by atoms with E-state index in [-0.39, 0.29) is 36.9 Å². The number of ether oxygens (including phenoxy) is 1. The molecule has 4 rings (SSSR count). The van der Waals surface area contributed by atoms with Crippen LogP contribution in [0.3, 0.4) is 0 Å². The smallest absolute Gasteiger partial charge is 0.407 e. The van der Waals surface area contributed by atoms with E-state index in [4.69, 9.17) is 4.74 Å². The number of carbonyl (C=O) groups is 1. The van der Waals surface area contributed by atoms with E-state index < -0.39 is 28.3 Å². The molecule has 0 unspecified atom stereocenters. The van der Waals surface area contributed by atoms with E-state index in [9.17, 15) is 18.3 Å². The van der Waals surface area contributed by atoms with E-state index in [0.717, 1.165) is 40.5 Å². The van der Waals surface area contributed by atoms with Crippen molar-refractivity contribution in [3.8, 4) is 0 Å². The summed E-state index contributed by atoms with van der Waals surface area (Å²) >= 11 is 1.41. The van der Waals surface area contributed by atoms with Crippen LogP contribution in [0.15, 0.2) is 78.0 Å². The van der Waals surface area contributed by atoms with Crippen molar-refractivity contribution in [1.29, 1.82) is 0 Å². The maximum atomic E-state index is 14.1. The summed E-state index contributed by atoms with van der Waals surface area (Å²) in [6.45, 7) is 5.53. The van der Waals surface area contributed by atoms with Crippen molar-refractivity contribution in [2.24, 2.45) is 5.92 Å². The highest BCUT2D eigenvalue weighted by Crippen LogP contribution is 2.30. The monoisotopic (exact) mass is 668 g/mol. The molecule has 3 N–H and O–H groups in total. The van der Waals surface area contributed by atoms with Crippen LogP contribution in [0.2, 0.25) is 0 Å². The van der Waals surface area contributed by atoms with Gasteiger partial charge in [0.15, 0.2) is 5.13 Å². The lowest BCUT2D eigenvalue weighted by Crippen LogP contribution is -2.51. The zero-order valence-electron chi connectivity index (χ0n) is 26.8. The molecule has 0 aliphatic rings. The topological polar surface area (TPSA) is 137 Å². The van der Waals surface area contributed by atoms with Crippen molar-refractivity contribution >= 4 is 42.8 Å². The van der Waals surface area contributed by atoms with E-state index in [1.165, 1.54) is 15.6 Å². The summed E-state index contributed by atoms with van der Waals surface area (Å²) in [6, 6.07) is 17.0. The molecule has 2 aromatic carbocycles. The zero-order chi connectivity index (χ0) is 33.1. The largest absolute Gasteiger partial charge is 0.445 e. The molecule has 248 valence electrons. The number of alkyl carbamates (subject to hydrolysis) is 1. The SMILES string of the molecule is CC(C)CN(C[C@@H](O)[C@H](Cc1ccccc1)NC(=O)OCc1cccnc1)S(=O)(=O)c1ccc2nc(NCCCN(C)C)sc2c1. The second-order valence-electron chi connectivity index (χ2n) is 11.9. The van der Waals surface area contributed by atoms with Gasteiger partial charge in [0.05, 0.1) is 27.3 Å². The van der Waals surface area contributed by atoms with Gasteiger partial charge in [-0.05, 0) is 69.2 Å². The predicted molar refractivity (Wildman–Crippen MR) is 182 cm³/mol. The highest BCUT2D eigenvalue weighted by Gasteiger charge is 2.32. The molecule has 0 saturated carbocycles. The summed E-state index contributed by atoms with van der Waals surface area (Å²) in [6.07, 6.45) is 2.51. The molecule has 0 fully saturated rings. The fourth-order valence-electron chi connectivity index (χ4n) is 4.87. The number of aromatic nitrogens is 2. The van der Waals surface area contributed by atoms with Gasteiger partial charge in [-0.2, -0.15) is 4.31 Å². The van der Waals surface area contributed by atoms with E-state index >= 15 is 0 Å². The number of pyridine rings is 1. The molecule has 0 bridgehead atoms. The molecule has 2 atom stereocenters. The maximum absolute atomic E-state index is 14.1. The number of sulfonamides is 1. The minimum atomic E-state index is -4.01. The number of nitrogens with zero attached hydrogens (tertiary/aromatic N) is 4. The van der Waals surface area contributed by atoms with Crippen LogP contribution in [0.4, 0.5) is 9.93 Å². The zero-order valence-corrected chi connectivity index (χ0v) is 28.4. The normalized spacial score (nSPS) is 13.3. The number of rotatable bonds is 17. The average Bonchev–Trinajstić information content (AvgIpc) is 3.44. The van der Waals surface area contributed by atoms with Gasteiger partial charge in [0.2, 0.25) is 10.0 Å². The van der Waals surface area contributed by atoms with E-state index in [0.29, 0.717) is 5.52 Å². The number of aliphatic hydroxyl groups is 1. The lowest BCUT2D eigenvalue weighted by atomic mass is 10.0. The van der Waals surface area contributed by atoms with Crippen molar-refractivity contribution in [2.45, 2.75) is 50.3 Å². The van der Waals surface area contributed by atoms with Crippen LogP contribution in [0.1, 0.15) is 31.4 Å². The Bertz CT molecular complexity index is 1630. The van der Waals surface area contributed by atoms with E-state index in [1.807, 2.05) is 58.3 Å². The second-order valence-corrected chi connectivity index (χ2v) is 14.9. The van der Waals surface area contributed by atoms with Crippen LogP contribution in [0.25, 0.3) is 10.2 Å². The predicted octanol–water partition coefficient (Wildman–Crippen LogP) is 4.60. The molecular formula is C33H44N6O5S2. The number of aliphatic hydroxyl groups excluding tert-OH is 1. The Kier molecular flexibility index (Phi) is 12.9. The number of benzene rings is 2. The first kappa shape index (κ1) is 35.2. The number of hydrogen-bond acceptors (Lipinski definition) is 10. The van der Waals surface area contributed by atoms with Crippen molar-refractivity contribution < 1.29 is 23.1 Å². The molecule has 0 aliphatic carbocycles. The number of thiazole rings is 1. The van der Waals surface area contributed by atoms with E-state index in [2.05, 4.69) is 25.5 Å². The first-order valence-corrected chi connectivity index (χ1v) is 17.6. The number of carbonyl (C=O) groups excluding carboxylic acids is 1. The summed E-state index contributed by atoms with van der Waals surface area (Å²) in [5.41, 5.74) is 2.31. The summed E-state index contributed by atoms with van der Waals surface area (Å²) in [4.78, 5) is 23.7. The van der Waals surface area contributed by atoms with Gasteiger partial charge in [-0.3, -0.25) is 4.98 Å². The van der Waals surface area contributed by atoms with Crippen LogP contribution in [-0.2, 0) is 27.8 Å². The molecule has 2 heterocycles.